The third-order valence-electron chi connectivity index (χ3n) is 4.04. The second kappa shape index (κ2) is 7.16. The smallest absolute Gasteiger partial charge is 0.0412 e. The molecule has 0 unspecified atom stereocenters. The minimum absolute atomic E-state index is 0.700. The zero-order valence-electron chi connectivity index (χ0n) is 12.1. The van der Waals surface area contributed by atoms with Gasteiger partial charge in [0.15, 0.2) is 0 Å². The van der Waals surface area contributed by atoms with Crippen LogP contribution in [0.15, 0.2) is 18.2 Å². The molecule has 19 heavy (non-hydrogen) atoms. The van der Waals surface area contributed by atoms with Gasteiger partial charge in [0.25, 0.3) is 0 Å². The molecule has 1 aliphatic rings. The molecule has 3 heteroatoms. The highest BCUT2D eigenvalue weighted by Gasteiger charge is 2.21. The number of nitrogens with one attached hydrogen (secondary N) is 1. The summed E-state index contributed by atoms with van der Waals surface area (Å²) in [6.45, 7) is 4.15. The van der Waals surface area contributed by atoms with E-state index in [2.05, 4.69) is 36.3 Å². The normalized spacial score (nSPS) is 15.9. The molecule has 2 nitrogen and oxygen atoms in total. The fraction of sp³-hybridized carbons (Fsp3) is 0.625. The van der Waals surface area contributed by atoms with Crippen LogP contribution in [0.25, 0.3) is 0 Å². The summed E-state index contributed by atoms with van der Waals surface area (Å²) >= 11 is 6.15. The van der Waals surface area contributed by atoms with Crippen molar-refractivity contribution in [2.45, 2.75) is 51.6 Å². The average Bonchev–Trinajstić information content (AvgIpc) is 2.92. The second-order valence-electron chi connectivity index (χ2n) is 5.50. The van der Waals surface area contributed by atoms with Crippen molar-refractivity contribution in [1.29, 1.82) is 0 Å². The third kappa shape index (κ3) is 3.87. The van der Waals surface area contributed by atoms with Gasteiger partial charge >= 0.3 is 0 Å². The van der Waals surface area contributed by atoms with Crippen LogP contribution < -0.4 is 10.2 Å². The molecule has 1 fully saturated rings. The lowest BCUT2D eigenvalue weighted by atomic mass is 10.1. The minimum atomic E-state index is 0.700. The zero-order chi connectivity index (χ0) is 13.7. The van der Waals surface area contributed by atoms with E-state index in [0.29, 0.717) is 6.04 Å². The van der Waals surface area contributed by atoms with Crippen LogP contribution in [0.5, 0.6) is 0 Å². The van der Waals surface area contributed by atoms with Crippen molar-refractivity contribution in [2.75, 3.05) is 18.5 Å². The van der Waals surface area contributed by atoms with Crippen molar-refractivity contribution in [3.8, 4) is 0 Å². The molecule has 0 atom stereocenters. The Morgan fingerprint density at radius 1 is 1.32 bits per heavy atom. The minimum Gasteiger partial charge on any atom is -0.371 e. The molecule has 0 aromatic heterocycles. The fourth-order valence-electron chi connectivity index (χ4n) is 2.93. The molecule has 1 aromatic carbocycles. The molecular weight excluding hydrogens is 256 g/mol. The molecule has 1 aromatic rings. The van der Waals surface area contributed by atoms with Gasteiger partial charge in [-0.15, -0.1) is 0 Å². The summed E-state index contributed by atoms with van der Waals surface area (Å²) in [5, 5.41) is 4.31. The molecule has 1 saturated carbocycles. The van der Waals surface area contributed by atoms with Crippen LogP contribution >= 0.6 is 11.6 Å². The van der Waals surface area contributed by atoms with E-state index in [9.17, 15) is 0 Å². The van der Waals surface area contributed by atoms with E-state index in [1.54, 1.807) is 0 Å². The first-order chi connectivity index (χ1) is 9.22. The van der Waals surface area contributed by atoms with E-state index < -0.39 is 0 Å². The third-order valence-corrected chi connectivity index (χ3v) is 4.27. The van der Waals surface area contributed by atoms with Crippen molar-refractivity contribution < 1.29 is 0 Å². The van der Waals surface area contributed by atoms with Gasteiger partial charge in [0.05, 0.1) is 0 Å². The van der Waals surface area contributed by atoms with Crippen molar-refractivity contribution in [2.24, 2.45) is 0 Å². The van der Waals surface area contributed by atoms with E-state index in [-0.39, 0.29) is 0 Å². The van der Waals surface area contributed by atoms with E-state index >= 15 is 0 Å². The van der Waals surface area contributed by atoms with Gasteiger partial charge in [0, 0.05) is 30.3 Å². The first-order valence-corrected chi connectivity index (χ1v) is 7.82. The largest absolute Gasteiger partial charge is 0.371 e. The Labute approximate surface area is 122 Å². The first kappa shape index (κ1) is 14.7. The lowest BCUT2D eigenvalue weighted by Crippen LogP contribution is -2.30. The highest BCUT2D eigenvalue weighted by Crippen LogP contribution is 2.30. The van der Waals surface area contributed by atoms with Gasteiger partial charge < -0.3 is 10.2 Å². The lowest BCUT2D eigenvalue weighted by Gasteiger charge is -2.29. The van der Waals surface area contributed by atoms with Gasteiger partial charge in [-0.25, -0.2) is 0 Å². The summed E-state index contributed by atoms with van der Waals surface area (Å²) in [6, 6.07) is 6.98. The molecular formula is C16H25ClN2. The van der Waals surface area contributed by atoms with Gasteiger partial charge in [-0.05, 0) is 49.6 Å². The van der Waals surface area contributed by atoms with Crippen molar-refractivity contribution in [3.05, 3.63) is 28.8 Å². The number of hydrogen-bond donors (Lipinski definition) is 1. The van der Waals surface area contributed by atoms with Crippen molar-refractivity contribution >= 4 is 17.3 Å². The van der Waals surface area contributed by atoms with E-state index in [1.807, 2.05) is 6.07 Å². The van der Waals surface area contributed by atoms with Crippen LogP contribution in [0, 0.1) is 0 Å². The van der Waals surface area contributed by atoms with E-state index in [1.165, 1.54) is 36.9 Å². The van der Waals surface area contributed by atoms with Crippen LogP contribution in [0.3, 0.4) is 0 Å². The number of benzene rings is 1. The maximum absolute atomic E-state index is 6.15. The zero-order valence-corrected chi connectivity index (χ0v) is 12.8. The maximum atomic E-state index is 6.15. The number of halogens is 1. The highest BCUT2D eigenvalue weighted by atomic mass is 35.5. The fourth-order valence-corrected chi connectivity index (χ4v) is 3.12. The molecule has 0 spiro atoms. The van der Waals surface area contributed by atoms with Gasteiger partial charge in [0.1, 0.15) is 0 Å². The number of hydrogen-bond acceptors (Lipinski definition) is 2. The standard InChI is InChI=1S/C16H25ClN2/c1-3-10-18-12-13-11-14(17)8-9-16(13)19(2)15-6-4-5-7-15/h8-9,11,15,18H,3-7,10,12H2,1-2H3. The molecule has 0 amide bonds. The summed E-state index contributed by atoms with van der Waals surface area (Å²) in [4.78, 5) is 2.45. The predicted octanol–water partition coefficient (Wildman–Crippen LogP) is 4.22. The Morgan fingerprint density at radius 2 is 2.05 bits per heavy atom. The van der Waals surface area contributed by atoms with Crippen LogP contribution in [0.1, 0.15) is 44.6 Å². The molecule has 1 aliphatic carbocycles. The van der Waals surface area contributed by atoms with Crippen LogP contribution in [-0.2, 0) is 6.54 Å². The molecule has 0 saturated heterocycles. The van der Waals surface area contributed by atoms with E-state index in [0.717, 1.165) is 24.5 Å². The molecule has 2 rings (SSSR count). The number of rotatable bonds is 6. The van der Waals surface area contributed by atoms with Crippen LogP contribution in [-0.4, -0.2) is 19.6 Å². The van der Waals surface area contributed by atoms with Gasteiger partial charge in [-0.2, -0.15) is 0 Å². The van der Waals surface area contributed by atoms with Crippen molar-refractivity contribution in [3.63, 3.8) is 0 Å². The summed E-state index contributed by atoms with van der Waals surface area (Å²) in [5.74, 6) is 0. The quantitative estimate of drug-likeness (QED) is 0.785. The molecule has 0 aliphatic heterocycles. The SMILES string of the molecule is CCCNCc1cc(Cl)ccc1N(C)C1CCCC1. The molecule has 0 radical (unpaired) electrons. The lowest BCUT2D eigenvalue weighted by molar-refractivity contribution is 0.640. The molecule has 106 valence electrons. The first-order valence-electron chi connectivity index (χ1n) is 7.44. The second-order valence-corrected chi connectivity index (χ2v) is 5.94. The highest BCUT2D eigenvalue weighted by molar-refractivity contribution is 6.30. The van der Waals surface area contributed by atoms with E-state index in [4.69, 9.17) is 11.6 Å². The van der Waals surface area contributed by atoms with Gasteiger partial charge in [0.2, 0.25) is 0 Å². The van der Waals surface area contributed by atoms with Crippen LogP contribution in [0.2, 0.25) is 5.02 Å². The van der Waals surface area contributed by atoms with Gasteiger partial charge in [-0.1, -0.05) is 31.4 Å². The van der Waals surface area contributed by atoms with Crippen molar-refractivity contribution in [1.82, 2.24) is 5.32 Å². The Bertz CT molecular complexity index is 400. The summed E-state index contributed by atoms with van der Waals surface area (Å²) < 4.78 is 0. The summed E-state index contributed by atoms with van der Waals surface area (Å²) in [5.41, 5.74) is 2.65. The Kier molecular flexibility index (Phi) is 5.53. The van der Waals surface area contributed by atoms with Gasteiger partial charge in [-0.3, -0.25) is 0 Å². The monoisotopic (exact) mass is 280 g/mol. The Balaban J connectivity index is 2.12. The topological polar surface area (TPSA) is 15.3 Å². The number of nitrogens with zero attached hydrogens (tertiary/aromatic N) is 1. The summed E-state index contributed by atoms with van der Waals surface area (Å²) in [6.07, 6.45) is 6.54. The maximum Gasteiger partial charge on any atom is 0.0412 e. The summed E-state index contributed by atoms with van der Waals surface area (Å²) in [7, 11) is 2.22. The Hall–Kier alpha value is -0.730. The predicted molar refractivity (Wildman–Crippen MR) is 84.1 cm³/mol. The van der Waals surface area contributed by atoms with Crippen LogP contribution in [0.4, 0.5) is 5.69 Å². The molecule has 1 N–H and O–H groups in total. The Morgan fingerprint density at radius 3 is 2.74 bits per heavy atom. The molecule has 0 heterocycles. The molecule has 0 bridgehead atoms. The number of anilines is 1. The average molecular weight is 281 g/mol.